The molecule has 2 heterocycles. The van der Waals surface area contributed by atoms with Gasteiger partial charge in [-0.1, -0.05) is 38.4 Å². The molecular weight excluding hydrogens is 495 g/mol. The average Bonchev–Trinajstić information content (AvgIpc) is 3.24. The van der Waals surface area contributed by atoms with Gasteiger partial charge < -0.3 is 15.1 Å². The third kappa shape index (κ3) is 7.44. The third-order valence-corrected chi connectivity index (χ3v) is 7.66. The lowest BCUT2D eigenvalue weighted by Crippen LogP contribution is -2.57. The first-order valence-electron chi connectivity index (χ1n) is 13.1. The standard InChI is InChI=1S/C28H42ClFN4O3/c1-18(35)31-24(15-27(2,3)4)26(37)33-12-10-32(11-13-33)25(36)21-17-34(28(5,6)7)16-20(21)19-8-9-22(29)23(30)14-19/h8-9,14,20-21,24H,10-13,15-17H2,1-7H3,(H,31,35)/t20-,21?,24-/m0/s1. The highest BCUT2D eigenvalue weighted by Gasteiger charge is 2.44. The first kappa shape index (κ1) is 29.4. The highest BCUT2D eigenvalue weighted by molar-refractivity contribution is 6.30. The van der Waals surface area contributed by atoms with E-state index >= 15 is 0 Å². The lowest BCUT2D eigenvalue weighted by atomic mass is 9.87. The summed E-state index contributed by atoms with van der Waals surface area (Å²) in [5.74, 6) is -1.23. The molecule has 206 valence electrons. The molecule has 9 heteroatoms. The number of piperazine rings is 1. The second-order valence-electron chi connectivity index (χ2n) is 12.6. The zero-order valence-electron chi connectivity index (χ0n) is 23.2. The predicted octanol–water partition coefficient (Wildman–Crippen LogP) is 3.90. The van der Waals surface area contributed by atoms with E-state index in [1.54, 1.807) is 11.0 Å². The summed E-state index contributed by atoms with van der Waals surface area (Å²) >= 11 is 5.92. The Bertz CT molecular complexity index is 1010. The molecule has 3 amide bonds. The van der Waals surface area contributed by atoms with E-state index in [0.29, 0.717) is 45.7 Å². The molecule has 3 atom stereocenters. The van der Waals surface area contributed by atoms with Crippen molar-refractivity contribution in [1.82, 2.24) is 20.0 Å². The maximum atomic E-state index is 14.3. The Labute approximate surface area is 225 Å². The zero-order chi connectivity index (χ0) is 27.7. The normalized spacial score (nSPS) is 22.2. The summed E-state index contributed by atoms with van der Waals surface area (Å²) in [5.41, 5.74) is 0.522. The van der Waals surface area contributed by atoms with Crippen LogP contribution in [-0.4, -0.2) is 83.3 Å². The number of carbonyl (C=O) groups is 3. The number of likely N-dealkylation sites (tertiary alicyclic amines) is 1. The molecule has 3 rings (SSSR count). The second-order valence-corrected chi connectivity index (χ2v) is 13.0. The molecule has 1 unspecified atom stereocenters. The number of rotatable bonds is 5. The Balaban J connectivity index is 1.72. The molecule has 2 saturated heterocycles. The molecule has 2 aliphatic rings. The van der Waals surface area contributed by atoms with Gasteiger partial charge in [-0.25, -0.2) is 4.39 Å². The van der Waals surface area contributed by atoms with Crippen molar-refractivity contribution in [2.45, 2.75) is 72.4 Å². The summed E-state index contributed by atoms with van der Waals surface area (Å²) in [7, 11) is 0. The van der Waals surface area contributed by atoms with Crippen LogP contribution in [0.3, 0.4) is 0 Å². The second kappa shape index (κ2) is 11.3. The van der Waals surface area contributed by atoms with Crippen molar-refractivity contribution in [1.29, 1.82) is 0 Å². The van der Waals surface area contributed by atoms with Crippen LogP contribution in [-0.2, 0) is 14.4 Å². The number of amides is 3. The fourth-order valence-corrected chi connectivity index (χ4v) is 5.46. The van der Waals surface area contributed by atoms with Gasteiger partial charge in [0, 0.05) is 57.6 Å². The van der Waals surface area contributed by atoms with E-state index in [2.05, 4.69) is 31.0 Å². The van der Waals surface area contributed by atoms with E-state index < -0.39 is 11.9 Å². The highest BCUT2D eigenvalue weighted by atomic mass is 35.5. The third-order valence-electron chi connectivity index (χ3n) is 7.35. The van der Waals surface area contributed by atoms with Gasteiger partial charge in [-0.05, 0) is 50.3 Å². The van der Waals surface area contributed by atoms with Crippen molar-refractivity contribution in [3.05, 3.63) is 34.6 Å². The average molecular weight is 537 g/mol. The minimum absolute atomic E-state index is 0.0345. The smallest absolute Gasteiger partial charge is 0.245 e. The van der Waals surface area contributed by atoms with Crippen LogP contribution in [0.5, 0.6) is 0 Å². The first-order valence-corrected chi connectivity index (χ1v) is 13.5. The van der Waals surface area contributed by atoms with E-state index in [1.165, 1.54) is 13.0 Å². The fraction of sp³-hybridized carbons (Fsp3) is 0.679. The molecule has 0 spiro atoms. The topological polar surface area (TPSA) is 73.0 Å². The molecule has 2 aliphatic heterocycles. The van der Waals surface area contributed by atoms with Gasteiger partial charge in [-0.3, -0.25) is 19.3 Å². The Hall–Kier alpha value is -2.19. The summed E-state index contributed by atoms with van der Waals surface area (Å²) < 4.78 is 14.3. The van der Waals surface area contributed by atoms with Gasteiger partial charge in [0.25, 0.3) is 0 Å². The Morgan fingerprint density at radius 3 is 2.14 bits per heavy atom. The Kier molecular flexibility index (Phi) is 8.95. The van der Waals surface area contributed by atoms with E-state index in [9.17, 15) is 18.8 Å². The molecule has 0 aromatic heterocycles. The molecule has 1 aromatic rings. The molecular formula is C28H42ClFN4O3. The summed E-state index contributed by atoms with van der Waals surface area (Å²) in [4.78, 5) is 44.6. The number of carbonyl (C=O) groups excluding carboxylic acids is 3. The van der Waals surface area contributed by atoms with Crippen molar-refractivity contribution in [2.24, 2.45) is 11.3 Å². The lowest BCUT2D eigenvalue weighted by molar-refractivity contribution is -0.144. The van der Waals surface area contributed by atoms with Gasteiger partial charge in [-0.15, -0.1) is 0 Å². The van der Waals surface area contributed by atoms with Gasteiger partial charge in [0.15, 0.2) is 0 Å². The summed E-state index contributed by atoms with van der Waals surface area (Å²) in [6.07, 6.45) is 0.536. The molecule has 0 aliphatic carbocycles. The summed E-state index contributed by atoms with van der Waals surface area (Å²) in [6, 6.07) is 4.24. The van der Waals surface area contributed by atoms with Crippen molar-refractivity contribution >= 4 is 29.3 Å². The molecule has 7 nitrogen and oxygen atoms in total. The number of hydrogen-bond donors (Lipinski definition) is 1. The lowest BCUT2D eigenvalue weighted by Gasteiger charge is -2.39. The number of nitrogens with zero attached hydrogens (tertiary/aromatic N) is 3. The summed E-state index contributed by atoms with van der Waals surface area (Å²) in [6.45, 7) is 16.8. The van der Waals surface area contributed by atoms with Crippen LogP contribution in [0.4, 0.5) is 4.39 Å². The van der Waals surface area contributed by atoms with Crippen LogP contribution in [0.2, 0.25) is 5.02 Å². The molecule has 0 saturated carbocycles. The first-order chi connectivity index (χ1) is 17.1. The molecule has 1 aromatic carbocycles. The van der Waals surface area contributed by atoms with Crippen molar-refractivity contribution in [2.75, 3.05) is 39.3 Å². The van der Waals surface area contributed by atoms with E-state index in [1.807, 2.05) is 31.7 Å². The van der Waals surface area contributed by atoms with Crippen LogP contribution in [0.25, 0.3) is 0 Å². The van der Waals surface area contributed by atoms with E-state index in [-0.39, 0.29) is 45.5 Å². The number of benzene rings is 1. The highest BCUT2D eigenvalue weighted by Crippen LogP contribution is 2.38. The van der Waals surface area contributed by atoms with Crippen LogP contribution in [0, 0.1) is 17.2 Å². The van der Waals surface area contributed by atoms with E-state index in [4.69, 9.17) is 11.6 Å². The van der Waals surface area contributed by atoms with Crippen LogP contribution >= 0.6 is 11.6 Å². The minimum Gasteiger partial charge on any atom is -0.345 e. The number of nitrogens with one attached hydrogen (secondary N) is 1. The van der Waals surface area contributed by atoms with Gasteiger partial charge in [0.2, 0.25) is 17.7 Å². The molecule has 0 bridgehead atoms. The maximum Gasteiger partial charge on any atom is 0.245 e. The molecule has 0 radical (unpaired) electrons. The Morgan fingerprint density at radius 2 is 1.62 bits per heavy atom. The molecule has 37 heavy (non-hydrogen) atoms. The van der Waals surface area contributed by atoms with Crippen LogP contribution < -0.4 is 5.32 Å². The van der Waals surface area contributed by atoms with Gasteiger partial charge in [-0.2, -0.15) is 0 Å². The maximum absolute atomic E-state index is 14.3. The molecule has 2 fully saturated rings. The van der Waals surface area contributed by atoms with Crippen LogP contribution in [0.15, 0.2) is 18.2 Å². The van der Waals surface area contributed by atoms with Gasteiger partial charge >= 0.3 is 0 Å². The SMILES string of the molecule is CC(=O)N[C@@H](CC(C)(C)C)C(=O)N1CCN(C(=O)C2CN(C(C)(C)C)C[C@H]2c2ccc(Cl)c(F)c2)CC1. The van der Waals surface area contributed by atoms with Gasteiger partial charge in [0.1, 0.15) is 11.9 Å². The monoisotopic (exact) mass is 536 g/mol. The largest absolute Gasteiger partial charge is 0.345 e. The van der Waals surface area contributed by atoms with Crippen molar-refractivity contribution in [3.63, 3.8) is 0 Å². The quantitative estimate of drug-likeness (QED) is 0.619. The predicted molar refractivity (Wildman–Crippen MR) is 144 cm³/mol. The van der Waals surface area contributed by atoms with Crippen molar-refractivity contribution < 1.29 is 18.8 Å². The van der Waals surface area contributed by atoms with Crippen LogP contribution in [0.1, 0.15) is 66.4 Å². The van der Waals surface area contributed by atoms with E-state index in [0.717, 1.165) is 5.56 Å². The minimum atomic E-state index is -0.584. The zero-order valence-corrected chi connectivity index (χ0v) is 24.0. The van der Waals surface area contributed by atoms with Crippen molar-refractivity contribution in [3.8, 4) is 0 Å². The molecule has 1 N–H and O–H groups in total. The number of hydrogen-bond acceptors (Lipinski definition) is 4. The summed E-state index contributed by atoms with van der Waals surface area (Å²) in [5, 5.41) is 2.88. The fourth-order valence-electron chi connectivity index (χ4n) is 5.34. The Morgan fingerprint density at radius 1 is 1.03 bits per heavy atom. The van der Waals surface area contributed by atoms with Gasteiger partial charge in [0.05, 0.1) is 10.9 Å². The number of halogens is 2.